The van der Waals surface area contributed by atoms with E-state index in [9.17, 15) is 26.3 Å². The SMILES string of the molecule is Nc1ccc(OC2(F)C(F)(F)C(F)(F)C2(F)Oc2ccc(N)cc2)cc1. The molecule has 1 aliphatic rings. The van der Waals surface area contributed by atoms with Crippen LogP contribution in [-0.2, 0) is 0 Å². The maximum absolute atomic E-state index is 14.8. The number of nitrogens with two attached hydrogens (primary N) is 2. The van der Waals surface area contributed by atoms with Gasteiger partial charge in [0.1, 0.15) is 11.5 Å². The molecule has 2 aromatic carbocycles. The molecule has 26 heavy (non-hydrogen) atoms. The van der Waals surface area contributed by atoms with Crippen LogP contribution < -0.4 is 20.9 Å². The van der Waals surface area contributed by atoms with Crippen LogP contribution in [0.2, 0.25) is 0 Å². The highest BCUT2D eigenvalue weighted by molar-refractivity contribution is 5.44. The van der Waals surface area contributed by atoms with E-state index in [4.69, 9.17) is 11.5 Å². The zero-order valence-electron chi connectivity index (χ0n) is 12.9. The zero-order valence-corrected chi connectivity index (χ0v) is 12.9. The molecule has 1 saturated carbocycles. The number of halogens is 6. The average Bonchev–Trinajstić information content (AvgIpc) is 2.58. The molecule has 1 fully saturated rings. The molecular weight excluding hydrogens is 366 g/mol. The molecule has 1 aliphatic carbocycles. The molecule has 4 nitrogen and oxygen atoms in total. The maximum atomic E-state index is 14.8. The molecule has 0 radical (unpaired) electrons. The molecule has 0 bridgehead atoms. The van der Waals surface area contributed by atoms with Crippen molar-refractivity contribution in [3.8, 4) is 11.5 Å². The lowest BCUT2D eigenvalue weighted by Crippen LogP contribution is -2.89. The summed E-state index contributed by atoms with van der Waals surface area (Å²) in [6, 6.07) is 8.23. The van der Waals surface area contributed by atoms with E-state index in [1.807, 2.05) is 0 Å². The van der Waals surface area contributed by atoms with Crippen molar-refractivity contribution in [1.82, 2.24) is 0 Å². The summed E-state index contributed by atoms with van der Waals surface area (Å²) in [4.78, 5) is 0. The fraction of sp³-hybridized carbons (Fsp3) is 0.250. The summed E-state index contributed by atoms with van der Waals surface area (Å²) in [7, 11) is 0. The van der Waals surface area contributed by atoms with E-state index in [1.54, 1.807) is 0 Å². The number of benzene rings is 2. The van der Waals surface area contributed by atoms with Crippen molar-refractivity contribution in [3.63, 3.8) is 0 Å². The Balaban J connectivity index is 1.99. The first-order chi connectivity index (χ1) is 11.9. The Hall–Kier alpha value is -2.78. The van der Waals surface area contributed by atoms with Gasteiger partial charge in [-0.25, -0.2) is 0 Å². The molecule has 0 saturated heterocycles. The monoisotopic (exact) mass is 378 g/mol. The van der Waals surface area contributed by atoms with Crippen LogP contribution in [0.4, 0.5) is 37.7 Å². The zero-order chi connectivity index (χ0) is 19.4. The van der Waals surface area contributed by atoms with Gasteiger partial charge < -0.3 is 20.9 Å². The molecule has 0 aromatic heterocycles. The summed E-state index contributed by atoms with van der Waals surface area (Å²) in [6.07, 6.45) is 0. The van der Waals surface area contributed by atoms with Gasteiger partial charge in [-0.15, -0.1) is 0 Å². The lowest BCUT2D eigenvalue weighted by Gasteiger charge is -2.55. The summed E-state index contributed by atoms with van der Waals surface area (Å²) in [5.74, 6) is -21.9. The third kappa shape index (κ3) is 2.17. The standard InChI is InChI=1S/C16H12F6N2O2/c17-13(18)14(19,20)16(22,26-12-7-3-10(24)4-8-12)15(13,21)25-11-5-1-9(23)2-6-11/h1-8H,23-24H2. The number of hydrogen-bond donors (Lipinski definition) is 2. The number of hydrogen-bond acceptors (Lipinski definition) is 4. The lowest BCUT2D eigenvalue weighted by atomic mass is 9.76. The Morgan fingerprint density at radius 2 is 0.808 bits per heavy atom. The largest absolute Gasteiger partial charge is 0.447 e. The van der Waals surface area contributed by atoms with Gasteiger partial charge in [-0.05, 0) is 48.5 Å². The predicted molar refractivity (Wildman–Crippen MR) is 80.5 cm³/mol. The number of ether oxygens (including phenoxy) is 2. The van der Waals surface area contributed by atoms with Crippen molar-refractivity contribution in [1.29, 1.82) is 0 Å². The van der Waals surface area contributed by atoms with Crippen molar-refractivity contribution in [2.24, 2.45) is 0 Å². The Bertz CT molecular complexity index is 745. The normalized spacial score (nSPS) is 28.8. The fourth-order valence-corrected chi connectivity index (χ4v) is 2.40. The molecule has 0 aliphatic heterocycles. The van der Waals surface area contributed by atoms with E-state index < -0.39 is 35.1 Å². The Morgan fingerprint density at radius 3 is 1.08 bits per heavy atom. The van der Waals surface area contributed by atoms with Crippen LogP contribution in [0.3, 0.4) is 0 Å². The molecule has 2 atom stereocenters. The fourth-order valence-electron chi connectivity index (χ4n) is 2.40. The van der Waals surface area contributed by atoms with Gasteiger partial charge in [0.15, 0.2) is 0 Å². The van der Waals surface area contributed by atoms with Gasteiger partial charge in [-0.3, -0.25) is 0 Å². The topological polar surface area (TPSA) is 70.5 Å². The number of nitrogen functional groups attached to an aromatic ring is 2. The minimum Gasteiger partial charge on any atom is -0.447 e. The Labute approximate surface area is 143 Å². The van der Waals surface area contributed by atoms with Crippen molar-refractivity contribution in [2.75, 3.05) is 11.5 Å². The second-order valence-corrected chi connectivity index (χ2v) is 5.68. The Morgan fingerprint density at radius 1 is 0.538 bits per heavy atom. The number of rotatable bonds is 4. The first-order valence-corrected chi connectivity index (χ1v) is 7.17. The van der Waals surface area contributed by atoms with E-state index >= 15 is 0 Å². The van der Waals surface area contributed by atoms with Crippen molar-refractivity contribution < 1.29 is 35.8 Å². The molecular formula is C16H12F6N2O2. The summed E-state index contributed by atoms with van der Waals surface area (Å²) < 4.78 is 93.2. The van der Waals surface area contributed by atoms with Crippen molar-refractivity contribution >= 4 is 11.4 Å². The minimum absolute atomic E-state index is 0.167. The first-order valence-electron chi connectivity index (χ1n) is 7.17. The van der Waals surface area contributed by atoms with E-state index in [0.717, 1.165) is 48.5 Å². The van der Waals surface area contributed by atoms with Gasteiger partial charge in [0, 0.05) is 11.4 Å². The van der Waals surface area contributed by atoms with E-state index in [-0.39, 0.29) is 11.4 Å². The lowest BCUT2D eigenvalue weighted by molar-refractivity contribution is -0.527. The van der Waals surface area contributed by atoms with Crippen molar-refractivity contribution in [2.45, 2.75) is 23.6 Å². The van der Waals surface area contributed by atoms with Crippen molar-refractivity contribution in [3.05, 3.63) is 48.5 Å². The summed E-state index contributed by atoms with van der Waals surface area (Å²) in [6.45, 7) is 0. The van der Waals surface area contributed by atoms with E-state index in [1.165, 1.54) is 0 Å². The third-order valence-electron chi connectivity index (χ3n) is 3.89. The number of alkyl halides is 6. The van der Waals surface area contributed by atoms with E-state index in [0.29, 0.717) is 0 Å². The van der Waals surface area contributed by atoms with Crippen LogP contribution in [-0.4, -0.2) is 23.6 Å². The van der Waals surface area contributed by atoms with Gasteiger partial charge in [0.25, 0.3) is 0 Å². The second-order valence-electron chi connectivity index (χ2n) is 5.68. The molecule has 4 N–H and O–H groups in total. The smallest absolute Gasteiger partial charge is 0.395 e. The third-order valence-corrected chi connectivity index (χ3v) is 3.89. The first kappa shape index (κ1) is 18.0. The Kier molecular flexibility index (Phi) is 3.71. The molecule has 2 unspecified atom stereocenters. The molecule has 0 spiro atoms. The van der Waals surface area contributed by atoms with Crippen LogP contribution in [0.25, 0.3) is 0 Å². The van der Waals surface area contributed by atoms with Gasteiger partial charge in [0.05, 0.1) is 0 Å². The molecule has 10 heteroatoms. The second kappa shape index (κ2) is 5.36. The molecule has 2 aromatic rings. The maximum Gasteiger partial charge on any atom is 0.395 e. The quantitative estimate of drug-likeness (QED) is 0.625. The van der Waals surface area contributed by atoms with Gasteiger partial charge in [0.2, 0.25) is 0 Å². The van der Waals surface area contributed by atoms with Crippen LogP contribution >= 0.6 is 0 Å². The van der Waals surface area contributed by atoms with Gasteiger partial charge in [-0.2, -0.15) is 26.3 Å². The predicted octanol–water partition coefficient (Wildman–Crippen LogP) is 3.92. The summed E-state index contributed by atoms with van der Waals surface area (Å²) in [5.41, 5.74) is 11.1. The molecule has 0 amide bonds. The van der Waals surface area contributed by atoms with Crippen LogP contribution in [0.1, 0.15) is 0 Å². The summed E-state index contributed by atoms with van der Waals surface area (Å²) in [5, 5.41) is 0. The molecule has 3 rings (SSSR count). The summed E-state index contributed by atoms with van der Waals surface area (Å²) >= 11 is 0. The molecule has 140 valence electrons. The van der Waals surface area contributed by atoms with Crippen LogP contribution in [0.5, 0.6) is 11.5 Å². The van der Waals surface area contributed by atoms with Gasteiger partial charge >= 0.3 is 23.6 Å². The average molecular weight is 378 g/mol. The van der Waals surface area contributed by atoms with Crippen LogP contribution in [0.15, 0.2) is 48.5 Å². The highest BCUT2D eigenvalue weighted by Crippen LogP contribution is 2.68. The minimum atomic E-state index is -5.50. The van der Waals surface area contributed by atoms with Gasteiger partial charge in [-0.1, -0.05) is 0 Å². The number of anilines is 2. The van der Waals surface area contributed by atoms with E-state index in [2.05, 4.69) is 9.47 Å². The van der Waals surface area contributed by atoms with Crippen LogP contribution in [0, 0.1) is 0 Å². The molecule has 0 heterocycles. The highest BCUT2D eigenvalue weighted by atomic mass is 19.3. The highest BCUT2D eigenvalue weighted by Gasteiger charge is 3.03.